The molecule has 0 saturated carbocycles. The molecule has 1 unspecified atom stereocenters. The van der Waals surface area contributed by atoms with E-state index in [1.165, 1.54) is 29.2 Å². The minimum absolute atomic E-state index is 0.177. The molecule has 9 heteroatoms. The van der Waals surface area contributed by atoms with E-state index < -0.39 is 42.2 Å². The van der Waals surface area contributed by atoms with Crippen molar-refractivity contribution in [3.8, 4) is 0 Å². The first-order valence-corrected chi connectivity index (χ1v) is 10.2. The molecule has 1 atom stereocenters. The van der Waals surface area contributed by atoms with Crippen molar-refractivity contribution in [1.29, 1.82) is 0 Å². The van der Waals surface area contributed by atoms with Gasteiger partial charge in [-0.3, -0.25) is 14.4 Å². The Bertz CT molecular complexity index is 830. The van der Waals surface area contributed by atoms with Gasteiger partial charge in [0, 0.05) is 23.7 Å². The Labute approximate surface area is 187 Å². The fraction of sp³-hybridized carbons (Fsp3) is 0.478. The van der Waals surface area contributed by atoms with Crippen molar-refractivity contribution < 1.29 is 38.9 Å². The quantitative estimate of drug-likeness (QED) is 0.250. The number of benzene rings is 1. The topological polar surface area (TPSA) is 130 Å². The Kier molecular flexibility index (Phi) is 9.58. The molecule has 0 aliphatic heterocycles. The number of rotatable bonds is 14. The van der Waals surface area contributed by atoms with E-state index in [1.54, 1.807) is 20.8 Å². The second-order valence-corrected chi connectivity index (χ2v) is 8.09. The van der Waals surface area contributed by atoms with E-state index in [0.29, 0.717) is 24.1 Å². The number of ketones is 1. The second kappa shape index (κ2) is 11.4. The maximum absolute atomic E-state index is 13.1. The van der Waals surface area contributed by atoms with Crippen molar-refractivity contribution in [2.45, 2.75) is 51.7 Å². The van der Waals surface area contributed by atoms with Gasteiger partial charge in [0.1, 0.15) is 24.3 Å². The number of carboxylic acids is 2. The lowest BCUT2D eigenvalue weighted by molar-refractivity contribution is -0.152. The molecule has 1 rings (SSSR count). The lowest BCUT2D eigenvalue weighted by atomic mass is 9.91. The Morgan fingerprint density at radius 1 is 1.03 bits per heavy atom. The molecule has 32 heavy (non-hydrogen) atoms. The minimum atomic E-state index is -1.17. The number of Topliss-reactive ketones (excluding diaryl/α,β-unsaturated/α-hetero) is 1. The fourth-order valence-corrected chi connectivity index (χ4v) is 2.91. The first-order chi connectivity index (χ1) is 14.8. The lowest BCUT2D eigenvalue weighted by Crippen LogP contribution is -2.40. The van der Waals surface area contributed by atoms with Crippen LogP contribution >= 0.6 is 0 Å². The number of esters is 1. The number of ether oxygens (including phenoxy) is 2. The van der Waals surface area contributed by atoms with Crippen LogP contribution in [-0.4, -0.2) is 64.8 Å². The molecule has 0 aromatic heterocycles. The normalized spacial score (nSPS) is 13.0. The molecule has 0 aliphatic rings. The van der Waals surface area contributed by atoms with Crippen molar-refractivity contribution in [3.63, 3.8) is 0 Å². The summed E-state index contributed by atoms with van der Waals surface area (Å²) in [6, 6.07) is 6.04. The molecule has 1 aromatic rings. The van der Waals surface area contributed by atoms with Crippen molar-refractivity contribution in [2.24, 2.45) is 0 Å². The van der Waals surface area contributed by atoms with Crippen LogP contribution in [0.2, 0.25) is 0 Å². The Hall–Kier alpha value is -3.20. The van der Waals surface area contributed by atoms with Gasteiger partial charge in [-0.25, -0.2) is 4.79 Å². The van der Waals surface area contributed by atoms with Crippen LogP contribution in [0.15, 0.2) is 36.9 Å². The highest BCUT2D eigenvalue weighted by molar-refractivity contribution is 6.02. The molecular weight excluding hydrogens is 418 g/mol. The van der Waals surface area contributed by atoms with Gasteiger partial charge in [-0.2, -0.15) is 0 Å². The molecule has 176 valence electrons. The van der Waals surface area contributed by atoms with E-state index >= 15 is 0 Å². The van der Waals surface area contributed by atoms with E-state index in [4.69, 9.17) is 19.7 Å². The van der Waals surface area contributed by atoms with Gasteiger partial charge < -0.3 is 24.6 Å². The average molecular weight is 450 g/mol. The minimum Gasteiger partial charge on any atom is -0.480 e. The van der Waals surface area contributed by atoms with Crippen LogP contribution in [0.3, 0.4) is 0 Å². The predicted molar refractivity (Wildman–Crippen MR) is 118 cm³/mol. The van der Waals surface area contributed by atoms with Crippen molar-refractivity contribution in [3.05, 3.63) is 42.5 Å². The highest BCUT2D eigenvalue weighted by Crippen LogP contribution is 2.25. The summed E-state index contributed by atoms with van der Waals surface area (Å²) in [5.41, 5.74) is -1.19. The maximum Gasteiger partial charge on any atom is 0.330 e. The number of anilines is 1. The number of carbonyl (C=O) groups excluding carboxylic acids is 2. The van der Waals surface area contributed by atoms with Crippen LogP contribution in [0.25, 0.3) is 0 Å². The maximum atomic E-state index is 13.1. The van der Waals surface area contributed by atoms with Gasteiger partial charge in [0.05, 0.1) is 6.61 Å². The molecule has 9 nitrogen and oxygen atoms in total. The summed E-state index contributed by atoms with van der Waals surface area (Å²) in [5, 5.41) is 18.0. The molecule has 0 bridgehead atoms. The molecular formula is C23H31NO8. The third-order valence-electron chi connectivity index (χ3n) is 4.97. The first-order valence-electron chi connectivity index (χ1n) is 10.2. The molecule has 2 N–H and O–H groups in total. The Morgan fingerprint density at radius 2 is 1.56 bits per heavy atom. The van der Waals surface area contributed by atoms with Gasteiger partial charge >= 0.3 is 17.9 Å². The molecule has 0 radical (unpaired) electrons. The third-order valence-corrected chi connectivity index (χ3v) is 4.97. The standard InChI is InChI=1S/C23H31NO8/c1-6-20(29)32-22(3,4)12-13-31-23(5,7-2)21(30)16-8-10-17(11-9-16)24(14-18(25)26)15-19(27)28/h6,8-11H,1,7,12-15H2,2-5H3,(H,25,26)(H,27,28). The monoisotopic (exact) mass is 449 g/mol. The van der Waals surface area contributed by atoms with E-state index in [-0.39, 0.29) is 12.4 Å². The lowest BCUT2D eigenvalue weighted by Gasteiger charge is -2.30. The molecule has 0 amide bonds. The van der Waals surface area contributed by atoms with Crippen LogP contribution in [0.1, 0.15) is 50.9 Å². The van der Waals surface area contributed by atoms with Crippen LogP contribution in [0.5, 0.6) is 0 Å². The summed E-state index contributed by atoms with van der Waals surface area (Å²) in [4.78, 5) is 47.7. The van der Waals surface area contributed by atoms with Gasteiger partial charge in [-0.1, -0.05) is 13.5 Å². The van der Waals surface area contributed by atoms with E-state index in [0.717, 1.165) is 6.08 Å². The van der Waals surface area contributed by atoms with Gasteiger partial charge in [-0.05, 0) is 51.5 Å². The molecule has 0 heterocycles. The molecule has 0 saturated heterocycles. The van der Waals surface area contributed by atoms with Crippen LogP contribution in [-0.2, 0) is 23.9 Å². The predicted octanol–water partition coefficient (Wildman–Crippen LogP) is 2.93. The zero-order chi connectivity index (χ0) is 24.5. The number of nitrogens with zero attached hydrogens (tertiary/aromatic N) is 1. The van der Waals surface area contributed by atoms with Gasteiger partial charge in [0.15, 0.2) is 5.78 Å². The summed E-state index contributed by atoms with van der Waals surface area (Å²) in [5.74, 6) is -3.14. The largest absolute Gasteiger partial charge is 0.480 e. The zero-order valence-electron chi connectivity index (χ0n) is 18.9. The number of aliphatic carboxylic acids is 2. The SMILES string of the molecule is C=CC(=O)OC(C)(C)CCOC(C)(CC)C(=O)c1ccc(N(CC(=O)O)CC(=O)O)cc1. The molecule has 0 aliphatic carbocycles. The van der Waals surface area contributed by atoms with Crippen molar-refractivity contribution in [1.82, 2.24) is 0 Å². The number of carboxylic acid groups (broad SMARTS) is 2. The summed E-state index contributed by atoms with van der Waals surface area (Å²) in [6.07, 6.45) is 1.85. The molecule has 0 spiro atoms. The van der Waals surface area contributed by atoms with E-state index in [9.17, 15) is 19.2 Å². The molecule has 1 aromatic carbocycles. The van der Waals surface area contributed by atoms with Crippen molar-refractivity contribution >= 4 is 29.4 Å². The summed E-state index contributed by atoms with van der Waals surface area (Å²) < 4.78 is 11.2. The van der Waals surface area contributed by atoms with Crippen LogP contribution in [0, 0.1) is 0 Å². The Morgan fingerprint density at radius 3 is 2.00 bits per heavy atom. The highest BCUT2D eigenvalue weighted by atomic mass is 16.6. The van der Waals surface area contributed by atoms with Gasteiger partial charge in [0.25, 0.3) is 0 Å². The summed E-state index contributed by atoms with van der Waals surface area (Å²) >= 11 is 0. The average Bonchev–Trinajstić information content (AvgIpc) is 2.71. The fourth-order valence-electron chi connectivity index (χ4n) is 2.91. The van der Waals surface area contributed by atoms with E-state index in [1.807, 2.05) is 6.92 Å². The van der Waals surface area contributed by atoms with Crippen molar-refractivity contribution in [2.75, 3.05) is 24.6 Å². The second-order valence-electron chi connectivity index (χ2n) is 8.09. The highest BCUT2D eigenvalue weighted by Gasteiger charge is 2.34. The third kappa shape index (κ3) is 8.14. The Balaban J connectivity index is 2.90. The first kappa shape index (κ1) is 26.8. The summed E-state index contributed by atoms with van der Waals surface area (Å²) in [7, 11) is 0. The zero-order valence-corrected chi connectivity index (χ0v) is 18.9. The number of hydrogen-bond acceptors (Lipinski definition) is 7. The number of carbonyl (C=O) groups is 4. The van der Waals surface area contributed by atoms with E-state index in [2.05, 4.69) is 6.58 Å². The van der Waals surface area contributed by atoms with Crippen LogP contribution in [0.4, 0.5) is 5.69 Å². The number of hydrogen-bond donors (Lipinski definition) is 2. The van der Waals surface area contributed by atoms with Gasteiger partial charge in [0.2, 0.25) is 0 Å². The smallest absolute Gasteiger partial charge is 0.330 e. The molecule has 0 fully saturated rings. The van der Waals surface area contributed by atoms with Gasteiger partial charge in [-0.15, -0.1) is 0 Å². The summed E-state index contributed by atoms with van der Waals surface area (Å²) in [6.45, 7) is 9.54. The van der Waals surface area contributed by atoms with Crippen LogP contribution < -0.4 is 4.90 Å².